The minimum Gasteiger partial charge on any atom is -0.348 e. The first kappa shape index (κ1) is 19.4. The Morgan fingerprint density at radius 3 is 2.71 bits per heavy atom. The third-order valence-corrected chi connectivity index (χ3v) is 6.28. The van der Waals surface area contributed by atoms with Crippen molar-refractivity contribution < 1.29 is 9.18 Å². The Morgan fingerprint density at radius 1 is 1.25 bits per heavy atom. The SMILES string of the molecule is Cc1ccc(-n2nc(C(=O)NC3CC4CCC(C3)N4)c3c2CCC3)c(F)c1.Cl. The van der Waals surface area contributed by atoms with Gasteiger partial charge in [0.1, 0.15) is 11.5 Å². The zero-order valence-corrected chi connectivity index (χ0v) is 16.8. The van der Waals surface area contributed by atoms with Gasteiger partial charge in [0, 0.05) is 29.4 Å². The lowest BCUT2D eigenvalue weighted by Gasteiger charge is -2.29. The van der Waals surface area contributed by atoms with E-state index in [9.17, 15) is 9.18 Å². The van der Waals surface area contributed by atoms with Gasteiger partial charge in [0.05, 0.1) is 0 Å². The summed E-state index contributed by atoms with van der Waals surface area (Å²) in [6.45, 7) is 1.87. The van der Waals surface area contributed by atoms with Crippen LogP contribution in [0, 0.1) is 12.7 Å². The van der Waals surface area contributed by atoms with Crippen LogP contribution in [-0.4, -0.2) is 33.8 Å². The topological polar surface area (TPSA) is 59.0 Å². The van der Waals surface area contributed by atoms with E-state index in [4.69, 9.17) is 0 Å². The van der Waals surface area contributed by atoms with Crippen molar-refractivity contribution in [2.75, 3.05) is 0 Å². The molecule has 28 heavy (non-hydrogen) atoms. The average Bonchev–Trinajstić information content (AvgIpc) is 3.31. The van der Waals surface area contributed by atoms with Crippen LogP contribution < -0.4 is 10.6 Å². The van der Waals surface area contributed by atoms with E-state index in [-0.39, 0.29) is 30.2 Å². The summed E-state index contributed by atoms with van der Waals surface area (Å²) in [4.78, 5) is 13.0. The zero-order valence-electron chi connectivity index (χ0n) is 16.0. The van der Waals surface area contributed by atoms with E-state index >= 15 is 0 Å². The Labute approximate surface area is 170 Å². The largest absolute Gasteiger partial charge is 0.348 e. The molecule has 2 aliphatic heterocycles. The van der Waals surface area contributed by atoms with Gasteiger partial charge < -0.3 is 10.6 Å². The van der Waals surface area contributed by atoms with E-state index in [1.54, 1.807) is 10.7 Å². The van der Waals surface area contributed by atoms with Crippen molar-refractivity contribution in [2.45, 2.75) is 70.0 Å². The minimum absolute atomic E-state index is 0. The smallest absolute Gasteiger partial charge is 0.272 e. The predicted molar refractivity (Wildman–Crippen MR) is 108 cm³/mol. The molecule has 1 amide bonds. The molecule has 2 atom stereocenters. The third kappa shape index (κ3) is 3.33. The van der Waals surface area contributed by atoms with Crippen LogP contribution in [0.1, 0.15) is 59.4 Å². The molecular formula is C21H26ClFN4O. The molecule has 0 radical (unpaired) electrons. The molecule has 2 aromatic rings. The van der Waals surface area contributed by atoms with Crippen LogP contribution in [0.15, 0.2) is 18.2 Å². The molecule has 1 aliphatic carbocycles. The lowest BCUT2D eigenvalue weighted by molar-refractivity contribution is 0.0917. The standard InChI is InChI=1S/C21H25FN4O.ClH/c1-12-5-8-19(17(22)9-12)26-18-4-2-3-16(18)20(25-26)21(27)24-15-10-13-6-7-14(11-15)23-13;/h5,8-9,13-15,23H,2-4,6-7,10-11H2,1H3,(H,24,27);1H. The molecular weight excluding hydrogens is 379 g/mol. The second-order valence-corrected chi connectivity index (χ2v) is 8.27. The highest BCUT2D eigenvalue weighted by Crippen LogP contribution is 2.30. The molecule has 5 nitrogen and oxygen atoms in total. The Kier molecular flexibility index (Phi) is 5.19. The predicted octanol–water partition coefficient (Wildman–Crippen LogP) is 3.24. The molecule has 2 unspecified atom stereocenters. The molecule has 0 spiro atoms. The summed E-state index contributed by atoms with van der Waals surface area (Å²) in [7, 11) is 0. The van der Waals surface area contributed by atoms with Crippen molar-refractivity contribution in [3.8, 4) is 5.69 Å². The summed E-state index contributed by atoms with van der Waals surface area (Å²) in [5, 5.41) is 11.4. The molecule has 0 saturated carbocycles. The number of carbonyl (C=O) groups is 1. The van der Waals surface area contributed by atoms with Crippen LogP contribution in [-0.2, 0) is 12.8 Å². The van der Waals surface area contributed by atoms with Crippen LogP contribution in [0.3, 0.4) is 0 Å². The Hall–Kier alpha value is -1.92. The molecule has 1 aromatic carbocycles. The fourth-order valence-electron chi connectivity index (χ4n) is 5.03. The number of aryl methyl sites for hydroxylation is 1. The summed E-state index contributed by atoms with van der Waals surface area (Å²) < 4.78 is 16.2. The number of nitrogens with zero attached hydrogens (tertiary/aromatic N) is 2. The average molecular weight is 405 g/mol. The van der Waals surface area contributed by atoms with E-state index in [0.29, 0.717) is 23.5 Å². The molecule has 1 aromatic heterocycles. The maximum atomic E-state index is 14.5. The van der Waals surface area contributed by atoms with Crippen LogP contribution in [0.2, 0.25) is 0 Å². The van der Waals surface area contributed by atoms with Crippen molar-refractivity contribution in [3.05, 3.63) is 46.5 Å². The van der Waals surface area contributed by atoms with Crippen molar-refractivity contribution >= 4 is 18.3 Å². The maximum absolute atomic E-state index is 14.5. The molecule has 150 valence electrons. The summed E-state index contributed by atoms with van der Waals surface area (Å²) in [5.74, 6) is -0.403. The first-order valence-corrected chi connectivity index (χ1v) is 10.0. The number of halogens is 2. The number of aromatic nitrogens is 2. The van der Waals surface area contributed by atoms with Gasteiger partial charge in [-0.05, 0) is 69.6 Å². The lowest BCUT2D eigenvalue weighted by atomic mass is 9.99. The summed E-state index contributed by atoms with van der Waals surface area (Å²) in [6, 6.07) is 6.41. The number of nitrogens with one attached hydrogen (secondary N) is 2. The van der Waals surface area contributed by atoms with Gasteiger partial charge in [-0.25, -0.2) is 9.07 Å². The number of hydrogen-bond acceptors (Lipinski definition) is 3. The van der Waals surface area contributed by atoms with Gasteiger partial charge in [-0.15, -0.1) is 12.4 Å². The highest BCUT2D eigenvalue weighted by atomic mass is 35.5. The molecule has 3 aliphatic rings. The van der Waals surface area contributed by atoms with Crippen LogP contribution >= 0.6 is 12.4 Å². The molecule has 7 heteroatoms. The van der Waals surface area contributed by atoms with Gasteiger partial charge in [0.2, 0.25) is 0 Å². The van der Waals surface area contributed by atoms with Gasteiger partial charge in [-0.2, -0.15) is 5.10 Å². The molecule has 2 bridgehead atoms. The number of rotatable bonds is 3. The van der Waals surface area contributed by atoms with Crippen molar-refractivity contribution in [1.29, 1.82) is 0 Å². The third-order valence-electron chi connectivity index (χ3n) is 6.28. The van der Waals surface area contributed by atoms with Crippen LogP contribution in [0.5, 0.6) is 0 Å². The van der Waals surface area contributed by atoms with Gasteiger partial charge in [-0.3, -0.25) is 4.79 Å². The molecule has 2 N–H and O–H groups in total. The number of fused-ring (bicyclic) bond motifs is 3. The van der Waals surface area contributed by atoms with Crippen molar-refractivity contribution in [3.63, 3.8) is 0 Å². The highest BCUT2D eigenvalue weighted by Gasteiger charge is 2.35. The second kappa shape index (κ2) is 7.48. The van der Waals surface area contributed by atoms with Crippen molar-refractivity contribution in [2.24, 2.45) is 0 Å². The van der Waals surface area contributed by atoms with E-state index in [2.05, 4.69) is 15.7 Å². The lowest BCUT2D eigenvalue weighted by Crippen LogP contribution is -2.48. The number of piperidine rings is 1. The number of hydrogen-bond donors (Lipinski definition) is 2. The second-order valence-electron chi connectivity index (χ2n) is 8.27. The highest BCUT2D eigenvalue weighted by molar-refractivity contribution is 5.94. The van der Waals surface area contributed by atoms with Crippen LogP contribution in [0.25, 0.3) is 5.69 Å². The summed E-state index contributed by atoms with van der Waals surface area (Å²) >= 11 is 0. The number of benzene rings is 1. The minimum atomic E-state index is -0.297. The Balaban J connectivity index is 0.00000192. The monoisotopic (exact) mass is 404 g/mol. The normalized spacial score (nSPS) is 25.3. The molecule has 2 fully saturated rings. The zero-order chi connectivity index (χ0) is 18.5. The summed E-state index contributed by atoms with van der Waals surface area (Å²) in [6.07, 6.45) is 7.03. The fraction of sp³-hybridized carbons (Fsp3) is 0.524. The number of amides is 1. The summed E-state index contributed by atoms with van der Waals surface area (Å²) in [5.41, 5.74) is 3.75. The van der Waals surface area contributed by atoms with Gasteiger partial charge in [0.25, 0.3) is 5.91 Å². The van der Waals surface area contributed by atoms with Gasteiger partial charge in [0.15, 0.2) is 5.69 Å². The number of carbonyl (C=O) groups excluding carboxylic acids is 1. The molecule has 2 saturated heterocycles. The Morgan fingerprint density at radius 2 is 2.00 bits per heavy atom. The van der Waals surface area contributed by atoms with Crippen molar-refractivity contribution in [1.82, 2.24) is 20.4 Å². The van der Waals surface area contributed by atoms with Gasteiger partial charge in [-0.1, -0.05) is 6.07 Å². The van der Waals surface area contributed by atoms with Crippen LogP contribution in [0.4, 0.5) is 4.39 Å². The van der Waals surface area contributed by atoms with E-state index in [0.717, 1.165) is 48.9 Å². The quantitative estimate of drug-likeness (QED) is 0.825. The Bertz CT molecular complexity index is 900. The van der Waals surface area contributed by atoms with E-state index in [1.807, 2.05) is 13.0 Å². The van der Waals surface area contributed by atoms with E-state index < -0.39 is 0 Å². The molecule has 5 rings (SSSR count). The molecule has 3 heterocycles. The fourth-order valence-corrected chi connectivity index (χ4v) is 5.03. The first-order chi connectivity index (χ1) is 13.1. The first-order valence-electron chi connectivity index (χ1n) is 10.0. The van der Waals surface area contributed by atoms with E-state index in [1.165, 1.54) is 18.9 Å². The maximum Gasteiger partial charge on any atom is 0.272 e. The van der Waals surface area contributed by atoms with Gasteiger partial charge >= 0.3 is 0 Å².